The number of halogens is 1. The number of likely N-dealkylation sites (N-methyl/N-ethyl adjacent to an activating group) is 1. The molecule has 1 aliphatic heterocycles. The third-order valence-electron chi connectivity index (χ3n) is 3.22. The van der Waals surface area contributed by atoms with E-state index in [1.807, 2.05) is 11.3 Å². The van der Waals surface area contributed by atoms with Gasteiger partial charge in [-0.3, -0.25) is 4.90 Å². The molecule has 0 radical (unpaired) electrons. The van der Waals surface area contributed by atoms with Crippen molar-refractivity contribution in [2.75, 3.05) is 20.1 Å². The van der Waals surface area contributed by atoms with Crippen LogP contribution in [0, 0.1) is 0 Å². The Morgan fingerprint density at radius 1 is 1.67 bits per heavy atom. The van der Waals surface area contributed by atoms with Crippen LogP contribution in [0.15, 0.2) is 15.9 Å². The maximum atomic E-state index is 3.51. The summed E-state index contributed by atoms with van der Waals surface area (Å²) >= 11 is 5.35. The molecule has 2 nitrogen and oxygen atoms in total. The van der Waals surface area contributed by atoms with Crippen LogP contribution in [-0.4, -0.2) is 31.1 Å². The molecule has 1 fully saturated rings. The zero-order chi connectivity index (χ0) is 10.8. The Kier molecular flexibility index (Phi) is 3.83. The van der Waals surface area contributed by atoms with Crippen molar-refractivity contribution in [3.05, 3.63) is 20.8 Å². The van der Waals surface area contributed by atoms with E-state index >= 15 is 0 Å². The van der Waals surface area contributed by atoms with Crippen molar-refractivity contribution in [1.82, 2.24) is 10.2 Å². The highest BCUT2D eigenvalue weighted by Gasteiger charge is 2.24. The van der Waals surface area contributed by atoms with Gasteiger partial charge in [-0.25, -0.2) is 0 Å². The largest absolute Gasteiger partial charge is 0.315 e. The first-order valence-electron chi connectivity index (χ1n) is 5.35. The van der Waals surface area contributed by atoms with E-state index in [1.54, 1.807) is 0 Å². The van der Waals surface area contributed by atoms with E-state index in [2.05, 4.69) is 51.6 Å². The summed E-state index contributed by atoms with van der Waals surface area (Å²) in [5.74, 6) is 0. The zero-order valence-electron chi connectivity index (χ0n) is 9.16. The molecule has 15 heavy (non-hydrogen) atoms. The lowest BCUT2D eigenvalue weighted by Gasteiger charge is -2.29. The van der Waals surface area contributed by atoms with Crippen molar-refractivity contribution >= 4 is 27.3 Å². The highest BCUT2D eigenvalue weighted by Crippen LogP contribution is 2.30. The van der Waals surface area contributed by atoms with Crippen molar-refractivity contribution in [2.24, 2.45) is 0 Å². The van der Waals surface area contributed by atoms with Crippen LogP contribution in [0.1, 0.15) is 24.3 Å². The van der Waals surface area contributed by atoms with Crippen LogP contribution in [0.25, 0.3) is 0 Å². The fourth-order valence-electron chi connectivity index (χ4n) is 2.05. The molecule has 1 saturated heterocycles. The third-order valence-corrected chi connectivity index (χ3v) is 5.08. The van der Waals surface area contributed by atoms with Crippen molar-refractivity contribution in [3.63, 3.8) is 0 Å². The summed E-state index contributed by atoms with van der Waals surface area (Å²) in [6, 6.07) is 3.45. The molecule has 0 spiro atoms. The van der Waals surface area contributed by atoms with E-state index in [1.165, 1.54) is 15.8 Å². The standard InChI is InChI=1S/C11H17BrN2S/c1-8(11-5-9(12)7-15-11)14(2)10-3-4-13-6-10/h5,7-8,10,13H,3-4,6H2,1-2H3. The summed E-state index contributed by atoms with van der Waals surface area (Å²) in [4.78, 5) is 3.93. The lowest BCUT2D eigenvalue weighted by Crippen LogP contribution is -2.35. The maximum Gasteiger partial charge on any atom is 0.0414 e. The second-order valence-electron chi connectivity index (χ2n) is 4.16. The van der Waals surface area contributed by atoms with Gasteiger partial charge < -0.3 is 5.32 Å². The second kappa shape index (κ2) is 4.95. The number of hydrogen-bond acceptors (Lipinski definition) is 3. The monoisotopic (exact) mass is 288 g/mol. The molecule has 4 heteroatoms. The van der Waals surface area contributed by atoms with Crippen LogP contribution in [0.4, 0.5) is 0 Å². The Morgan fingerprint density at radius 2 is 2.47 bits per heavy atom. The van der Waals surface area contributed by atoms with Gasteiger partial charge in [0, 0.05) is 33.4 Å². The van der Waals surface area contributed by atoms with Crippen molar-refractivity contribution in [3.8, 4) is 0 Å². The van der Waals surface area contributed by atoms with Gasteiger partial charge in [0.15, 0.2) is 0 Å². The predicted molar refractivity (Wildman–Crippen MR) is 69.5 cm³/mol. The molecular weight excluding hydrogens is 272 g/mol. The van der Waals surface area contributed by atoms with Gasteiger partial charge in [0.25, 0.3) is 0 Å². The Hall–Kier alpha value is 0.1000. The van der Waals surface area contributed by atoms with Crippen LogP contribution in [-0.2, 0) is 0 Å². The average molecular weight is 289 g/mol. The normalized spacial score (nSPS) is 23.6. The Labute approximate surface area is 104 Å². The van der Waals surface area contributed by atoms with Gasteiger partial charge >= 0.3 is 0 Å². The van der Waals surface area contributed by atoms with E-state index < -0.39 is 0 Å². The predicted octanol–water partition coefficient (Wildman–Crippen LogP) is 2.87. The highest BCUT2D eigenvalue weighted by molar-refractivity contribution is 9.10. The first-order chi connectivity index (χ1) is 7.18. The molecule has 1 aromatic rings. The van der Waals surface area contributed by atoms with E-state index in [0.29, 0.717) is 12.1 Å². The van der Waals surface area contributed by atoms with E-state index in [0.717, 1.165) is 13.1 Å². The van der Waals surface area contributed by atoms with Crippen LogP contribution in [0.3, 0.4) is 0 Å². The summed E-state index contributed by atoms with van der Waals surface area (Å²) in [6.45, 7) is 4.58. The van der Waals surface area contributed by atoms with E-state index in [-0.39, 0.29) is 0 Å². The molecular formula is C11H17BrN2S. The van der Waals surface area contributed by atoms with E-state index in [4.69, 9.17) is 0 Å². The zero-order valence-corrected chi connectivity index (χ0v) is 11.6. The molecule has 2 rings (SSSR count). The summed E-state index contributed by atoms with van der Waals surface area (Å²) < 4.78 is 1.20. The fourth-order valence-corrected chi connectivity index (χ4v) is 3.60. The smallest absolute Gasteiger partial charge is 0.0414 e. The molecule has 0 saturated carbocycles. The van der Waals surface area contributed by atoms with Crippen LogP contribution >= 0.6 is 27.3 Å². The second-order valence-corrected chi connectivity index (χ2v) is 6.01. The van der Waals surface area contributed by atoms with Gasteiger partial charge in [-0.05, 0) is 48.9 Å². The van der Waals surface area contributed by atoms with Crippen LogP contribution < -0.4 is 5.32 Å². The molecule has 0 aromatic carbocycles. The number of nitrogens with zero attached hydrogens (tertiary/aromatic N) is 1. The minimum absolute atomic E-state index is 0.520. The number of thiophene rings is 1. The van der Waals surface area contributed by atoms with E-state index in [9.17, 15) is 0 Å². The van der Waals surface area contributed by atoms with Gasteiger partial charge in [-0.2, -0.15) is 0 Å². The Balaban J connectivity index is 2.03. The molecule has 0 amide bonds. The number of hydrogen-bond donors (Lipinski definition) is 1. The van der Waals surface area contributed by atoms with Crippen LogP contribution in [0.2, 0.25) is 0 Å². The molecule has 1 aliphatic rings. The highest BCUT2D eigenvalue weighted by atomic mass is 79.9. The van der Waals surface area contributed by atoms with Gasteiger partial charge in [-0.15, -0.1) is 11.3 Å². The molecule has 0 bridgehead atoms. The van der Waals surface area contributed by atoms with Gasteiger partial charge in [0.2, 0.25) is 0 Å². The molecule has 2 unspecified atom stereocenters. The van der Waals surface area contributed by atoms with Gasteiger partial charge in [0.05, 0.1) is 0 Å². The average Bonchev–Trinajstić information content (AvgIpc) is 2.85. The summed E-state index contributed by atoms with van der Waals surface area (Å²) in [5.41, 5.74) is 0. The number of nitrogens with one attached hydrogen (secondary N) is 1. The molecule has 0 aliphatic carbocycles. The third kappa shape index (κ3) is 2.61. The summed E-state index contributed by atoms with van der Waals surface area (Å²) in [7, 11) is 2.23. The van der Waals surface area contributed by atoms with Crippen LogP contribution in [0.5, 0.6) is 0 Å². The molecule has 2 atom stereocenters. The fraction of sp³-hybridized carbons (Fsp3) is 0.636. The molecule has 84 valence electrons. The topological polar surface area (TPSA) is 15.3 Å². The quantitative estimate of drug-likeness (QED) is 0.920. The maximum absolute atomic E-state index is 3.51. The summed E-state index contributed by atoms with van der Waals surface area (Å²) in [5, 5.41) is 5.58. The molecule has 1 N–H and O–H groups in total. The minimum Gasteiger partial charge on any atom is -0.315 e. The van der Waals surface area contributed by atoms with Gasteiger partial charge in [0.1, 0.15) is 0 Å². The van der Waals surface area contributed by atoms with Gasteiger partial charge in [-0.1, -0.05) is 0 Å². The first-order valence-corrected chi connectivity index (χ1v) is 7.02. The Bertz CT molecular complexity index is 320. The minimum atomic E-state index is 0.520. The molecule has 2 heterocycles. The van der Waals surface area contributed by atoms with Crippen molar-refractivity contribution in [1.29, 1.82) is 0 Å². The lowest BCUT2D eigenvalue weighted by atomic mass is 10.1. The lowest BCUT2D eigenvalue weighted by molar-refractivity contribution is 0.199. The van der Waals surface area contributed by atoms with Crippen molar-refractivity contribution in [2.45, 2.75) is 25.4 Å². The summed E-state index contributed by atoms with van der Waals surface area (Å²) in [6.07, 6.45) is 1.27. The Morgan fingerprint density at radius 3 is 3.00 bits per heavy atom. The van der Waals surface area contributed by atoms with Crippen molar-refractivity contribution < 1.29 is 0 Å². The molecule has 1 aromatic heterocycles. The first kappa shape index (κ1) is 11.6. The SMILES string of the molecule is CC(c1cc(Br)cs1)N(C)C1CCNC1. The number of rotatable bonds is 3.